The second-order valence-electron chi connectivity index (χ2n) is 8.26. The Hall–Kier alpha value is -2.77. The number of hydrogen-bond donors (Lipinski definition) is 2. The highest BCUT2D eigenvalue weighted by Crippen LogP contribution is 2.41. The van der Waals surface area contributed by atoms with E-state index in [0.717, 1.165) is 54.3 Å². The minimum absolute atomic E-state index is 0.0681. The molecular formula is C23H27N3O4. The molecule has 1 spiro atoms. The van der Waals surface area contributed by atoms with Gasteiger partial charge in [-0.15, -0.1) is 0 Å². The SMILES string of the molecule is COc1cccc(C2CC(c3ccc4c(c3)OCO4)=NC3(CCN(C)CC3)N2)c1O. The van der Waals surface area contributed by atoms with E-state index in [1.165, 1.54) is 0 Å². The molecule has 0 amide bonds. The van der Waals surface area contributed by atoms with Crippen LogP contribution in [0, 0.1) is 0 Å². The molecular weight excluding hydrogens is 382 g/mol. The first-order chi connectivity index (χ1) is 14.6. The van der Waals surface area contributed by atoms with Gasteiger partial charge in [-0.05, 0) is 49.7 Å². The lowest BCUT2D eigenvalue weighted by atomic mass is 9.87. The lowest BCUT2D eigenvalue weighted by molar-refractivity contribution is 0.144. The van der Waals surface area contributed by atoms with Crippen molar-refractivity contribution < 1.29 is 19.3 Å². The fraction of sp³-hybridized carbons (Fsp3) is 0.435. The van der Waals surface area contributed by atoms with Crippen molar-refractivity contribution in [3.05, 3.63) is 47.5 Å². The van der Waals surface area contributed by atoms with Crippen LogP contribution in [0.25, 0.3) is 0 Å². The number of hydrogen-bond acceptors (Lipinski definition) is 7. The van der Waals surface area contributed by atoms with Crippen LogP contribution in [0.15, 0.2) is 41.4 Å². The summed E-state index contributed by atoms with van der Waals surface area (Å²) >= 11 is 0. The van der Waals surface area contributed by atoms with E-state index in [9.17, 15) is 5.11 Å². The van der Waals surface area contributed by atoms with Gasteiger partial charge in [0.05, 0.1) is 7.11 Å². The highest BCUT2D eigenvalue weighted by atomic mass is 16.7. The number of aliphatic imine (C=N–C) groups is 1. The first kappa shape index (κ1) is 19.2. The number of phenolic OH excluding ortho intramolecular Hbond substituents is 1. The number of likely N-dealkylation sites (tertiary alicyclic amines) is 1. The number of benzene rings is 2. The number of aromatic hydroxyl groups is 1. The highest BCUT2D eigenvalue weighted by molar-refractivity contribution is 6.02. The molecule has 0 aliphatic carbocycles. The number of phenols is 1. The van der Waals surface area contributed by atoms with Gasteiger partial charge in [-0.3, -0.25) is 10.3 Å². The standard InChI is InChI=1S/C23H27N3O4/c1-26-10-8-23(9-11-26)24-17(15-6-7-19-21(12-15)30-14-29-19)13-18(25-23)16-4-3-5-20(28-2)22(16)27/h3-7,12,18,25,27H,8-11,13-14H2,1-2H3. The third-order valence-electron chi connectivity index (χ3n) is 6.33. The van der Waals surface area contributed by atoms with Crippen LogP contribution in [-0.2, 0) is 0 Å². The van der Waals surface area contributed by atoms with Crippen molar-refractivity contribution in [3.8, 4) is 23.0 Å². The number of para-hydroxylation sites is 1. The largest absolute Gasteiger partial charge is 0.504 e. The molecule has 5 rings (SSSR count). The smallest absolute Gasteiger partial charge is 0.231 e. The van der Waals surface area contributed by atoms with Gasteiger partial charge in [0.1, 0.15) is 5.66 Å². The highest BCUT2D eigenvalue weighted by Gasteiger charge is 2.40. The Morgan fingerprint density at radius 1 is 1.17 bits per heavy atom. The molecule has 1 unspecified atom stereocenters. The van der Waals surface area contributed by atoms with Gasteiger partial charge >= 0.3 is 0 Å². The number of nitrogens with zero attached hydrogens (tertiary/aromatic N) is 2. The third-order valence-corrected chi connectivity index (χ3v) is 6.33. The van der Waals surface area contributed by atoms with Gasteiger partial charge in [0.15, 0.2) is 23.0 Å². The average molecular weight is 409 g/mol. The van der Waals surface area contributed by atoms with E-state index in [1.54, 1.807) is 13.2 Å². The zero-order valence-electron chi connectivity index (χ0n) is 17.4. The topological polar surface area (TPSA) is 75.5 Å². The number of rotatable bonds is 3. The Bertz CT molecular complexity index is 982. The Morgan fingerprint density at radius 3 is 2.77 bits per heavy atom. The maximum Gasteiger partial charge on any atom is 0.231 e. The Morgan fingerprint density at radius 2 is 1.97 bits per heavy atom. The van der Waals surface area contributed by atoms with Crippen molar-refractivity contribution in [3.63, 3.8) is 0 Å². The molecule has 0 bridgehead atoms. The van der Waals surface area contributed by atoms with Gasteiger partial charge in [-0.2, -0.15) is 0 Å². The molecule has 3 aliphatic heterocycles. The molecule has 7 nitrogen and oxygen atoms in total. The maximum absolute atomic E-state index is 10.8. The summed E-state index contributed by atoms with van der Waals surface area (Å²) in [5.41, 5.74) is 2.53. The summed E-state index contributed by atoms with van der Waals surface area (Å²) < 4.78 is 16.4. The van der Waals surface area contributed by atoms with E-state index in [2.05, 4.69) is 17.3 Å². The van der Waals surface area contributed by atoms with Gasteiger partial charge < -0.3 is 24.2 Å². The van der Waals surface area contributed by atoms with Gasteiger partial charge in [0.2, 0.25) is 6.79 Å². The molecule has 1 fully saturated rings. The molecule has 0 saturated carbocycles. The van der Waals surface area contributed by atoms with Crippen LogP contribution in [0.5, 0.6) is 23.0 Å². The predicted octanol–water partition coefficient (Wildman–Crippen LogP) is 3.08. The fourth-order valence-corrected chi connectivity index (χ4v) is 4.58. The van der Waals surface area contributed by atoms with Gasteiger partial charge in [-0.25, -0.2) is 0 Å². The first-order valence-electron chi connectivity index (χ1n) is 10.4. The molecule has 3 heterocycles. The molecule has 0 aromatic heterocycles. The molecule has 2 aromatic carbocycles. The second-order valence-corrected chi connectivity index (χ2v) is 8.26. The first-order valence-corrected chi connectivity index (χ1v) is 10.4. The molecule has 2 aromatic rings. The van der Waals surface area contributed by atoms with E-state index < -0.39 is 0 Å². The van der Waals surface area contributed by atoms with Crippen LogP contribution in [0.1, 0.15) is 36.4 Å². The van der Waals surface area contributed by atoms with E-state index in [4.69, 9.17) is 19.2 Å². The molecule has 2 N–H and O–H groups in total. The Labute approximate surface area is 176 Å². The predicted molar refractivity (Wildman–Crippen MR) is 114 cm³/mol. The summed E-state index contributed by atoms with van der Waals surface area (Å²) in [6.07, 6.45) is 2.50. The van der Waals surface area contributed by atoms with Crippen LogP contribution >= 0.6 is 0 Å². The Balaban J connectivity index is 1.55. The van der Waals surface area contributed by atoms with Crippen molar-refractivity contribution in [1.29, 1.82) is 0 Å². The Kier molecular flexibility index (Phi) is 4.79. The zero-order valence-corrected chi connectivity index (χ0v) is 17.4. The molecule has 3 aliphatic rings. The van der Waals surface area contributed by atoms with Crippen molar-refractivity contribution >= 4 is 5.71 Å². The minimum atomic E-state index is -0.351. The maximum atomic E-state index is 10.8. The van der Waals surface area contributed by atoms with Crippen molar-refractivity contribution in [2.24, 2.45) is 4.99 Å². The number of ether oxygens (including phenoxy) is 3. The van der Waals surface area contributed by atoms with Crippen molar-refractivity contribution in [2.75, 3.05) is 34.0 Å². The van der Waals surface area contributed by atoms with Crippen LogP contribution in [0.2, 0.25) is 0 Å². The normalized spacial score (nSPS) is 22.7. The molecule has 1 atom stereocenters. The van der Waals surface area contributed by atoms with E-state index in [-0.39, 0.29) is 24.2 Å². The van der Waals surface area contributed by atoms with Crippen LogP contribution < -0.4 is 19.5 Å². The van der Waals surface area contributed by atoms with E-state index in [1.807, 2.05) is 30.3 Å². The van der Waals surface area contributed by atoms with Gasteiger partial charge in [0.25, 0.3) is 0 Å². The summed E-state index contributed by atoms with van der Waals surface area (Å²) in [4.78, 5) is 7.55. The monoisotopic (exact) mass is 409 g/mol. The summed E-state index contributed by atoms with van der Waals surface area (Å²) in [6.45, 7) is 2.20. The third kappa shape index (κ3) is 3.38. The number of piperidine rings is 1. The van der Waals surface area contributed by atoms with Crippen LogP contribution in [0.3, 0.4) is 0 Å². The number of fused-ring (bicyclic) bond motifs is 1. The van der Waals surface area contributed by atoms with E-state index >= 15 is 0 Å². The van der Waals surface area contributed by atoms with Crippen molar-refractivity contribution in [2.45, 2.75) is 31.0 Å². The number of nitrogens with one attached hydrogen (secondary N) is 1. The fourth-order valence-electron chi connectivity index (χ4n) is 4.58. The van der Waals surface area contributed by atoms with Crippen molar-refractivity contribution in [1.82, 2.24) is 10.2 Å². The summed E-state index contributed by atoms with van der Waals surface area (Å²) in [5.74, 6) is 2.20. The summed E-state index contributed by atoms with van der Waals surface area (Å²) in [6, 6.07) is 11.6. The second kappa shape index (κ2) is 7.49. The average Bonchev–Trinajstić information content (AvgIpc) is 3.24. The number of methoxy groups -OCH3 is 1. The van der Waals surface area contributed by atoms with Gasteiger partial charge in [-0.1, -0.05) is 12.1 Å². The van der Waals surface area contributed by atoms with Crippen LogP contribution in [0.4, 0.5) is 0 Å². The van der Waals surface area contributed by atoms with E-state index in [0.29, 0.717) is 12.2 Å². The lowest BCUT2D eigenvalue weighted by Crippen LogP contribution is -2.55. The lowest BCUT2D eigenvalue weighted by Gasteiger charge is -2.44. The van der Waals surface area contributed by atoms with Gasteiger partial charge in [0, 0.05) is 36.8 Å². The molecule has 1 saturated heterocycles. The minimum Gasteiger partial charge on any atom is -0.504 e. The quantitative estimate of drug-likeness (QED) is 0.812. The summed E-state index contributed by atoms with van der Waals surface area (Å²) in [7, 11) is 3.72. The molecule has 30 heavy (non-hydrogen) atoms. The zero-order chi connectivity index (χ0) is 20.7. The molecule has 158 valence electrons. The molecule has 7 heteroatoms. The molecule has 0 radical (unpaired) electrons. The van der Waals surface area contributed by atoms with Crippen LogP contribution in [-0.4, -0.2) is 55.4 Å². The summed E-state index contributed by atoms with van der Waals surface area (Å²) in [5, 5.41) is 14.6.